The van der Waals surface area contributed by atoms with Crippen LogP contribution in [0.4, 0.5) is 18.9 Å². The maximum Gasteiger partial charge on any atom is 0.471 e. The van der Waals surface area contributed by atoms with Gasteiger partial charge in [0, 0.05) is 24.4 Å². The SMILES string of the molecule is CC[C@@]1(CCC(=O)OC)CC(C(=O)OC)=C2Nc3ccccc3[C@@]23CCN(C(=O)C(F)(F)F)[C@@H]13. The standard InChI is InChI=1S/C24H27F3N2O5/c1-4-22(10-9-17(30)33-2)13-14(19(31)34-3)18-23(15-7-5-6-8-16(15)28-18)11-12-29(20(22)23)21(32)24(25,26)27/h5-8,20,28H,4,9-13H2,1-3H3/t20-,22+,23-/m0/s1. The number of carbonyl (C=O) groups is 3. The number of rotatable bonds is 5. The molecule has 4 rings (SSSR count). The van der Waals surface area contributed by atoms with Crippen LogP contribution in [0, 0.1) is 5.41 Å². The summed E-state index contributed by atoms with van der Waals surface area (Å²) >= 11 is 0. The molecule has 1 aromatic rings. The molecule has 1 saturated heterocycles. The van der Waals surface area contributed by atoms with E-state index in [0.717, 1.165) is 10.5 Å². The molecule has 0 unspecified atom stereocenters. The number of halogens is 3. The van der Waals surface area contributed by atoms with Crippen molar-refractivity contribution >= 4 is 23.5 Å². The third kappa shape index (κ3) is 3.37. The highest BCUT2D eigenvalue weighted by Crippen LogP contribution is 2.64. The van der Waals surface area contributed by atoms with Gasteiger partial charge >= 0.3 is 24.0 Å². The summed E-state index contributed by atoms with van der Waals surface area (Å²) < 4.78 is 51.0. The first-order chi connectivity index (χ1) is 16.1. The minimum Gasteiger partial charge on any atom is -0.469 e. The molecule has 1 N–H and O–H groups in total. The van der Waals surface area contributed by atoms with E-state index in [4.69, 9.17) is 9.47 Å². The Kier molecular flexibility index (Phi) is 5.90. The van der Waals surface area contributed by atoms with Gasteiger partial charge in [-0.25, -0.2) is 4.79 Å². The van der Waals surface area contributed by atoms with Crippen molar-refractivity contribution in [3.05, 3.63) is 41.1 Å². The lowest BCUT2D eigenvalue weighted by Crippen LogP contribution is -2.60. The van der Waals surface area contributed by atoms with Gasteiger partial charge in [0.25, 0.3) is 0 Å². The Balaban J connectivity index is 1.98. The number of alkyl halides is 3. The summed E-state index contributed by atoms with van der Waals surface area (Å²) in [5, 5.41) is 3.27. The molecule has 0 bridgehead atoms. The Morgan fingerprint density at radius 2 is 1.88 bits per heavy atom. The van der Waals surface area contributed by atoms with Gasteiger partial charge in [-0.15, -0.1) is 0 Å². The summed E-state index contributed by atoms with van der Waals surface area (Å²) in [6, 6.07) is 6.30. The first kappa shape index (κ1) is 24.1. The molecule has 34 heavy (non-hydrogen) atoms. The van der Waals surface area contributed by atoms with Crippen LogP contribution in [0.15, 0.2) is 35.5 Å². The highest BCUT2D eigenvalue weighted by Gasteiger charge is 2.67. The predicted molar refractivity (Wildman–Crippen MR) is 116 cm³/mol. The van der Waals surface area contributed by atoms with Gasteiger partial charge in [-0.2, -0.15) is 13.2 Å². The van der Waals surface area contributed by atoms with Crippen molar-refractivity contribution in [2.24, 2.45) is 5.41 Å². The Labute approximate surface area is 195 Å². The average molecular weight is 480 g/mol. The minimum atomic E-state index is -5.05. The molecule has 1 aromatic carbocycles. The third-order valence-electron chi connectivity index (χ3n) is 7.74. The monoisotopic (exact) mass is 480 g/mol. The van der Waals surface area contributed by atoms with Crippen molar-refractivity contribution in [1.29, 1.82) is 0 Å². The summed E-state index contributed by atoms with van der Waals surface area (Å²) in [4.78, 5) is 38.6. The highest BCUT2D eigenvalue weighted by molar-refractivity contribution is 5.94. The third-order valence-corrected chi connectivity index (χ3v) is 7.74. The number of methoxy groups -OCH3 is 2. The molecule has 10 heteroatoms. The Morgan fingerprint density at radius 3 is 2.50 bits per heavy atom. The number of hydrogen-bond donors (Lipinski definition) is 1. The number of nitrogens with one attached hydrogen (secondary N) is 1. The van der Waals surface area contributed by atoms with Crippen molar-refractivity contribution in [2.45, 2.75) is 56.7 Å². The fourth-order valence-corrected chi connectivity index (χ4v) is 6.32. The number of likely N-dealkylation sites (tertiary alicyclic amines) is 1. The second kappa shape index (κ2) is 8.32. The van der Waals surface area contributed by atoms with Gasteiger partial charge in [0.1, 0.15) is 0 Å². The van der Waals surface area contributed by atoms with Gasteiger partial charge in [0.2, 0.25) is 0 Å². The molecule has 7 nitrogen and oxygen atoms in total. The van der Waals surface area contributed by atoms with E-state index in [0.29, 0.717) is 23.4 Å². The lowest BCUT2D eigenvalue weighted by Gasteiger charge is -2.53. The van der Waals surface area contributed by atoms with Crippen LogP contribution in [0.5, 0.6) is 0 Å². The maximum absolute atomic E-state index is 13.7. The molecule has 1 fully saturated rings. The van der Waals surface area contributed by atoms with E-state index >= 15 is 0 Å². The van der Waals surface area contributed by atoms with Crippen LogP contribution in [0.2, 0.25) is 0 Å². The van der Waals surface area contributed by atoms with E-state index in [1.54, 1.807) is 18.2 Å². The average Bonchev–Trinajstić information content (AvgIpc) is 3.39. The molecule has 1 aliphatic carbocycles. The summed E-state index contributed by atoms with van der Waals surface area (Å²) in [5.74, 6) is -2.99. The summed E-state index contributed by atoms with van der Waals surface area (Å²) in [6.45, 7) is 1.69. The second-order valence-corrected chi connectivity index (χ2v) is 9.10. The van der Waals surface area contributed by atoms with Crippen molar-refractivity contribution < 1.29 is 37.0 Å². The fraction of sp³-hybridized carbons (Fsp3) is 0.542. The van der Waals surface area contributed by atoms with Crippen LogP contribution in [0.3, 0.4) is 0 Å². The molecule has 3 aliphatic rings. The van der Waals surface area contributed by atoms with Crippen LogP contribution < -0.4 is 5.32 Å². The van der Waals surface area contributed by atoms with E-state index in [1.807, 2.05) is 13.0 Å². The summed E-state index contributed by atoms with van der Waals surface area (Å²) in [6.07, 6.45) is -4.33. The Bertz CT molecular complexity index is 1070. The number of ether oxygens (including phenoxy) is 2. The number of anilines is 1. The number of hydrogen-bond acceptors (Lipinski definition) is 6. The van der Waals surface area contributed by atoms with Crippen molar-refractivity contribution in [3.63, 3.8) is 0 Å². The van der Waals surface area contributed by atoms with E-state index in [1.165, 1.54) is 14.2 Å². The zero-order chi connectivity index (χ0) is 24.9. The van der Waals surface area contributed by atoms with Crippen molar-refractivity contribution in [2.75, 3.05) is 26.1 Å². The molecule has 1 spiro atoms. The van der Waals surface area contributed by atoms with Crippen molar-refractivity contribution in [1.82, 2.24) is 4.90 Å². The van der Waals surface area contributed by atoms with Crippen LogP contribution >= 0.6 is 0 Å². The molecule has 0 saturated carbocycles. The first-order valence-corrected chi connectivity index (χ1v) is 11.2. The Hall–Kier alpha value is -3.04. The topological polar surface area (TPSA) is 84.9 Å². The number of esters is 2. The van der Waals surface area contributed by atoms with Gasteiger partial charge in [-0.05, 0) is 42.7 Å². The van der Waals surface area contributed by atoms with Crippen LogP contribution in [-0.4, -0.2) is 55.7 Å². The maximum atomic E-state index is 13.7. The normalized spacial score (nSPS) is 27.5. The lowest BCUT2D eigenvalue weighted by atomic mass is 9.54. The number of para-hydroxylation sites is 1. The first-order valence-electron chi connectivity index (χ1n) is 11.2. The molecule has 2 aliphatic heterocycles. The van der Waals surface area contributed by atoms with Crippen molar-refractivity contribution in [3.8, 4) is 0 Å². The number of benzene rings is 1. The smallest absolute Gasteiger partial charge is 0.469 e. The molecule has 184 valence electrons. The molecular weight excluding hydrogens is 453 g/mol. The van der Waals surface area contributed by atoms with Gasteiger partial charge in [0.05, 0.1) is 31.2 Å². The lowest BCUT2D eigenvalue weighted by molar-refractivity contribution is -0.189. The fourth-order valence-electron chi connectivity index (χ4n) is 6.32. The number of carbonyl (C=O) groups excluding carboxylic acids is 3. The molecule has 2 heterocycles. The molecule has 1 amide bonds. The van der Waals surface area contributed by atoms with E-state index in [-0.39, 0.29) is 32.2 Å². The molecule has 0 radical (unpaired) electrons. The zero-order valence-electron chi connectivity index (χ0n) is 19.3. The highest BCUT2D eigenvalue weighted by atomic mass is 19.4. The van der Waals surface area contributed by atoms with E-state index in [9.17, 15) is 27.6 Å². The predicted octanol–water partition coefficient (Wildman–Crippen LogP) is 3.69. The van der Waals surface area contributed by atoms with Gasteiger partial charge in [0.15, 0.2) is 0 Å². The quantitative estimate of drug-likeness (QED) is 0.647. The summed E-state index contributed by atoms with van der Waals surface area (Å²) in [7, 11) is 2.50. The number of fused-ring (bicyclic) bond motifs is 1. The minimum absolute atomic E-state index is 0.0518. The Morgan fingerprint density at radius 1 is 1.18 bits per heavy atom. The van der Waals surface area contributed by atoms with Crippen LogP contribution in [0.1, 0.15) is 44.6 Å². The molecule has 3 atom stereocenters. The number of amides is 1. The van der Waals surface area contributed by atoms with Gasteiger partial charge in [-0.3, -0.25) is 9.59 Å². The summed E-state index contributed by atoms with van der Waals surface area (Å²) in [5.41, 5.74) is 0.214. The zero-order valence-corrected chi connectivity index (χ0v) is 19.3. The largest absolute Gasteiger partial charge is 0.471 e. The molecular formula is C24H27F3N2O5. The van der Waals surface area contributed by atoms with E-state index in [2.05, 4.69) is 5.32 Å². The van der Waals surface area contributed by atoms with Crippen LogP contribution in [0.25, 0.3) is 0 Å². The number of nitrogens with zero attached hydrogens (tertiary/aromatic N) is 1. The van der Waals surface area contributed by atoms with Gasteiger partial charge in [-0.1, -0.05) is 25.1 Å². The van der Waals surface area contributed by atoms with E-state index < -0.39 is 40.9 Å². The second-order valence-electron chi connectivity index (χ2n) is 9.10. The van der Waals surface area contributed by atoms with Crippen LogP contribution in [-0.2, 0) is 29.3 Å². The molecule has 0 aromatic heterocycles. The van der Waals surface area contributed by atoms with Gasteiger partial charge < -0.3 is 19.7 Å².